The molecule has 0 atom stereocenters. The lowest BCUT2D eigenvalue weighted by Gasteiger charge is -2.08. The van der Waals surface area contributed by atoms with Crippen LogP contribution in [0.3, 0.4) is 0 Å². The molecular weight excluding hydrogens is 316 g/mol. The van der Waals surface area contributed by atoms with E-state index in [9.17, 15) is 8.42 Å². The molecule has 0 unspecified atom stereocenters. The fourth-order valence-electron chi connectivity index (χ4n) is 1.61. The van der Waals surface area contributed by atoms with E-state index in [0.29, 0.717) is 16.5 Å². The number of benzene rings is 2. The van der Waals surface area contributed by atoms with Crippen LogP contribution in [-0.2, 0) is 15.8 Å². The number of primary sulfonamides is 1. The molecule has 2 rings (SSSR count). The molecule has 2 aromatic rings. The van der Waals surface area contributed by atoms with E-state index in [0.717, 1.165) is 10.5 Å². The molecule has 0 aliphatic carbocycles. The Morgan fingerprint density at radius 1 is 1.15 bits per heavy atom. The standard InChI is InChI=1S/C13H13ClN2O2S2/c14-11-4-2-1-3-9(11)8-19-13-6-5-10(7-12(13)15)20(16,17)18/h1-7H,8,15H2,(H2,16,17,18). The molecule has 7 heteroatoms. The first-order chi connectivity index (χ1) is 9.38. The van der Waals surface area contributed by atoms with Gasteiger partial charge in [-0.1, -0.05) is 29.8 Å². The molecule has 4 nitrogen and oxygen atoms in total. The van der Waals surface area contributed by atoms with E-state index in [4.69, 9.17) is 22.5 Å². The number of anilines is 1. The summed E-state index contributed by atoms with van der Waals surface area (Å²) in [7, 11) is -3.73. The molecule has 0 spiro atoms. The number of hydrogen-bond donors (Lipinski definition) is 2. The fraction of sp³-hybridized carbons (Fsp3) is 0.0769. The molecule has 0 bridgehead atoms. The van der Waals surface area contributed by atoms with E-state index in [2.05, 4.69) is 0 Å². The van der Waals surface area contributed by atoms with Crippen LogP contribution in [0.5, 0.6) is 0 Å². The SMILES string of the molecule is Nc1cc(S(N)(=O)=O)ccc1SCc1ccccc1Cl. The van der Waals surface area contributed by atoms with Gasteiger partial charge >= 0.3 is 0 Å². The quantitative estimate of drug-likeness (QED) is 0.667. The second-order valence-corrected chi connectivity index (χ2v) is 7.11. The summed E-state index contributed by atoms with van der Waals surface area (Å²) in [4.78, 5) is 0.800. The third kappa shape index (κ3) is 3.67. The van der Waals surface area contributed by atoms with Crippen LogP contribution in [0.4, 0.5) is 5.69 Å². The lowest BCUT2D eigenvalue weighted by molar-refractivity contribution is 0.598. The lowest BCUT2D eigenvalue weighted by Crippen LogP contribution is -2.12. The van der Waals surface area contributed by atoms with Gasteiger partial charge in [0.15, 0.2) is 0 Å². The van der Waals surface area contributed by atoms with Gasteiger partial charge in [0.2, 0.25) is 10.0 Å². The molecule has 106 valence electrons. The zero-order valence-electron chi connectivity index (χ0n) is 10.4. The monoisotopic (exact) mass is 328 g/mol. The van der Waals surface area contributed by atoms with Gasteiger partial charge in [-0.2, -0.15) is 0 Å². The Bertz CT molecular complexity index is 733. The van der Waals surface area contributed by atoms with E-state index >= 15 is 0 Å². The van der Waals surface area contributed by atoms with Crippen LogP contribution in [-0.4, -0.2) is 8.42 Å². The first-order valence-corrected chi connectivity index (χ1v) is 8.57. The van der Waals surface area contributed by atoms with Crippen molar-refractivity contribution < 1.29 is 8.42 Å². The van der Waals surface area contributed by atoms with E-state index in [1.54, 1.807) is 6.07 Å². The minimum atomic E-state index is -3.73. The summed E-state index contributed by atoms with van der Waals surface area (Å²) in [5.74, 6) is 0.651. The van der Waals surface area contributed by atoms with E-state index in [1.807, 2.05) is 24.3 Å². The van der Waals surface area contributed by atoms with Crippen molar-refractivity contribution in [2.24, 2.45) is 5.14 Å². The highest BCUT2D eigenvalue weighted by Crippen LogP contribution is 2.31. The third-order valence-corrected chi connectivity index (χ3v) is 5.07. The predicted molar refractivity (Wildman–Crippen MR) is 83.2 cm³/mol. The molecule has 0 aromatic heterocycles. The highest BCUT2D eigenvalue weighted by molar-refractivity contribution is 7.98. The van der Waals surface area contributed by atoms with Gasteiger partial charge in [0.1, 0.15) is 0 Å². The lowest BCUT2D eigenvalue weighted by atomic mass is 10.2. The van der Waals surface area contributed by atoms with Crippen LogP contribution >= 0.6 is 23.4 Å². The number of hydrogen-bond acceptors (Lipinski definition) is 4. The maximum Gasteiger partial charge on any atom is 0.238 e. The van der Waals surface area contributed by atoms with Gasteiger partial charge in [0.25, 0.3) is 0 Å². The minimum Gasteiger partial charge on any atom is -0.398 e. The Morgan fingerprint density at radius 2 is 1.85 bits per heavy atom. The molecule has 0 saturated carbocycles. The van der Waals surface area contributed by atoms with Gasteiger partial charge in [-0.15, -0.1) is 11.8 Å². The van der Waals surface area contributed by atoms with Crippen molar-refractivity contribution >= 4 is 39.1 Å². The third-order valence-electron chi connectivity index (χ3n) is 2.65. The van der Waals surface area contributed by atoms with Crippen molar-refractivity contribution in [1.82, 2.24) is 0 Å². The number of halogens is 1. The molecule has 4 N–H and O–H groups in total. The molecule has 0 fully saturated rings. The Hall–Kier alpha value is -1.21. The molecule has 2 aromatic carbocycles. The highest BCUT2D eigenvalue weighted by atomic mass is 35.5. The van der Waals surface area contributed by atoms with Gasteiger partial charge < -0.3 is 5.73 Å². The summed E-state index contributed by atoms with van der Waals surface area (Å²) in [6.45, 7) is 0. The average Bonchev–Trinajstić information content (AvgIpc) is 2.38. The normalized spacial score (nSPS) is 11.5. The van der Waals surface area contributed by atoms with Crippen LogP contribution in [0.2, 0.25) is 5.02 Å². The van der Waals surface area contributed by atoms with Crippen molar-refractivity contribution in [2.75, 3.05) is 5.73 Å². The average molecular weight is 329 g/mol. The van der Waals surface area contributed by atoms with Crippen LogP contribution < -0.4 is 10.9 Å². The molecule has 0 radical (unpaired) electrons. The van der Waals surface area contributed by atoms with Crippen molar-refractivity contribution in [3.8, 4) is 0 Å². The van der Waals surface area contributed by atoms with Gasteiger partial charge in [-0.05, 0) is 29.8 Å². The van der Waals surface area contributed by atoms with Crippen molar-refractivity contribution in [2.45, 2.75) is 15.5 Å². The minimum absolute atomic E-state index is 0.0112. The highest BCUT2D eigenvalue weighted by Gasteiger charge is 2.10. The first kappa shape index (κ1) is 15.2. The van der Waals surface area contributed by atoms with E-state index in [-0.39, 0.29) is 4.90 Å². The van der Waals surface area contributed by atoms with E-state index < -0.39 is 10.0 Å². The molecule has 0 aliphatic rings. The van der Waals surface area contributed by atoms with Gasteiger partial charge in [0.05, 0.1) is 4.90 Å². The molecule has 0 saturated heterocycles. The van der Waals surface area contributed by atoms with Gasteiger partial charge in [-0.3, -0.25) is 0 Å². The molecule has 0 aliphatic heterocycles. The number of nitrogen functional groups attached to an aromatic ring is 1. The number of thioether (sulfide) groups is 1. The second kappa shape index (κ2) is 6.05. The first-order valence-electron chi connectivity index (χ1n) is 5.66. The summed E-state index contributed by atoms with van der Waals surface area (Å²) >= 11 is 7.56. The Labute approximate surface area is 127 Å². The van der Waals surface area contributed by atoms with Gasteiger partial charge in [0, 0.05) is 21.4 Å². The van der Waals surface area contributed by atoms with Crippen LogP contribution in [0.15, 0.2) is 52.3 Å². The number of rotatable bonds is 4. The molecule has 0 heterocycles. The summed E-state index contributed by atoms with van der Waals surface area (Å²) in [6, 6.07) is 12.0. The zero-order chi connectivity index (χ0) is 14.8. The Morgan fingerprint density at radius 3 is 2.45 bits per heavy atom. The zero-order valence-corrected chi connectivity index (χ0v) is 12.8. The van der Waals surface area contributed by atoms with Crippen molar-refractivity contribution in [3.63, 3.8) is 0 Å². The summed E-state index contributed by atoms with van der Waals surface area (Å²) < 4.78 is 22.4. The fourth-order valence-corrected chi connectivity index (χ4v) is 3.39. The van der Waals surface area contributed by atoms with Crippen LogP contribution in [0.25, 0.3) is 0 Å². The maximum atomic E-state index is 11.2. The molecular formula is C13H13ClN2O2S2. The smallest absolute Gasteiger partial charge is 0.238 e. The topological polar surface area (TPSA) is 86.2 Å². The number of sulfonamides is 1. The Balaban J connectivity index is 2.17. The number of nitrogens with two attached hydrogens (primary N) is 2. The van der Waals surface area contributed by atoms with Crippen molar-refractivity contribution in [1.29, 1.82) is 0 Å². The van der Waals surface area contributed by atoms with Crippen LogP contribution in [0.1, 0.15) is 5.56 Å². The largest absolute Gasteiger partial charge is 0.398 e. The van der Waals surface area contributed by atoms with Gasteiger partial charge in [-0.25, -0.2) is 13.6 Å². The maximum absolute atomic E-state index is 11.2. The Kier molecular flexibility index (Phi) is 4.59. The summed E-state index contributed by atoms with van der Waals surface area (Å²) in [5, 5.41) is 5.75. The molecule has 0 amide bonds. The van der Waals surface area contributed by atoms with E-state index in [1.165, 1.54) is 23.9 Å². The summed E-state index contributed by atoms with van der Waals surface area (Å²) in [6.07, 6.45) is 0. The van der Waals surface area contributed by atoms with Crippen molar-refractivity contribution in [3.05, 3.63) is 53.1 Å². The van der Waals surface area contributed by atoms with Crippen LogP contribution in [0, 0.1) is 0 Å². The molecule has 20 heavy (non-hydrogen) atoms. The summed E-state index contributed by atoms with van der Waals surface area (Å²) in [5.41, 5.74) is 7.22. The predicted octanol–water partition coefficient (Wildman–Crippen LogP) is 2.86. The second-order valence-electron chi connectivity index (χ2n) is 4.12.